The molecule has 1 saturated carbocycles. The van der Waals surface area contributed by atoms with Gasteiger partial charge in [0.25, 0.3) is 0 Å². The van der Waals surface area contributed by atoms with E-state index in [1.807, 2.05) is 12.1 Å². The zero-order chi connectivity index (χ0) is 12.1. The fourth-order valence-corrected chi connectivity index (χ4v) is 2.44. The molecule has 0 atom stereocenters. The minimum Gasteiger partial charge on any atom is -0.490 e. The van der Waals surface area contributed by atoms with Crippen LogP contribution in [-0.4, -0.2) is 6.61 Å². The number of rotatable bonds is 4. The molecule has 1 aliphatic carbocycles. The van der Waals surface area contributed by atoms with Crippen molar-refractivity contribution in [2.24, 2.45) is 5.92 Å². The van der Waals surface area contributed by atoms with E-state index in [4.69, 9.17) is 4.74 Å². The van der Waals surface area contributed by atoms with Crippen LogP contribution in [0.2, 0.25) is 0 Å². The maximum atomic E-state index is 13.5. The minimum atomic E-state index is -0.238. The van der Waals surface area contributed by atoms with E-state index < -0.39 is 0 Å². The molecule has 1 fully saturated rings. The van der Waals surface area contributed by atoms with E-state index in [1.54, 1.807) is 0 Å². The Kier molecular flexibility index (Phi) is 4.41. The van der Waals surface area contributed by atoms with Gasteiger partial charge in [0.05, 0.1) is 6.61 Å². The first kappa shape index (κ1) is 12.4. The fraction of sp³-hybridized carbons (Fsp3) is 0.600. The molecule has 0 N–H and O–H groups in total. The first-order valence-electron chi connectivity index (χ1n) is 6.71. The van der Waals surface area contributed by atoms with Crippen LogP contribution in [0.3, 0.4) is 0 Å². The highest BCUT2D eigenvalue weighted by Crippen LogP contribution is 2.26. The molecule has 0 aromatic heterocycles. The van der Waals surface area contributed by atoms with Gasteiger partial charge >= 0.3 is 0 Å². The van der Waals surface area contributed by atoms with Crippen LogP contribution in [0.15, 0.2) is 18.2 Å². The molecule has 2 heteroatoms. The molecule has 0 amide bonds. The Balaban J connectivity index is 1.92. The summed E-state index contributed by atoms with van der Waals surface area (Å²) in [5.41, 5.74) is 1.13. The van der Waals surface area contributed by atoms with E-state index in [0.717, 1.165) is 12.0 Å². The second-order valence-electron chi connectivity index (χ2n) is 4.93. The summed E-state index contributed by atoms with van der Waals surface area (Å²) >= 11 is 0. The van der Waals surface area contributed by atoms with Crippen molar-refractivity contribution in [2.75, 3.05) is 6.61 Å². The van der Waals surface area contributed by atoms with Crippen molar-refractivity contribution in [3.8, 4) is 5.75 Å². The highest BCUT2D eigenvalue weighted by molar-refractivity contribution is 5.30. The van der Waals surface area contributed by atoms with Gasteiger partial charge < -0.3 is 4.74 Å². The third-order valence-corrected chi connectivity index (χ3v) is 3.60. The summed E-state index contributed by atoms with van der Waals surface area (Å²) in [5.74, 6) is 0.807. The molecular formula is C15H21FO. The molecule has 0 unspecified atom stereocenters. The smallest absolute Gasteiger partial charge is 0.165 e. The summed E-state index contributed by atoms with van der Waals surface area (Å²) in [7, 11) is 0. The third-order valence-electron chi connectivity index (χ3n) is 3.60. The molecule has 0 saturated heterocycles. The molecule has 1 aromatic carbocycles. The number of halogens is 1. The Morgan fingerprint density at radius 2 is 2.00 bits per heavy atom. The van der Waals surface area contributed by atoms with Crippen LogP contribution in [-0.2, 0) is 6.42 Å². The van der Waals surface area contributed by atoms with Gasteiger partial charge in [0, 0.05) is 0 Å². The molecule has 17 heavy (non-hydrogen) atoms. The van der Waals surface area contributed by atoms with Crippen molar-refractivity contribution in [1.82, 2.24) is 0 Å². The number of benzene rings is 1. The lowest BCUT2D eigenvalue weighted by Gasteiger charge is -2.21. The predicted octanol–water partition coefficient (Wildman–Crippen LogP) is 4.35. The molecule has 1 aromatic rings. The van der Waals surface area contributed by atoms with Crippen LogP contribution in [0.1, 0.15) is 44.6 Å². The molecule has 1 aliphatic rings. The predicted molar refractivity (Wildman–Crippen MR) is 67.8 cm³/mol. The van der Waals surface area contributed by atoms with Gasteiger partial charge in [-0.15, -0.1) is 0 Å². The van der Waals surface area contributed by atoms with Gasteiger partial charge in [0.2, 0.25) is 0 Å². The minimum absolute atomic E-state index is 0.238. The van der Waals surface area contributed by atoms with E-state index in [9.17, 15) is 4.39 Å². The quantitative estimate of drug-likeness (QED) is 0.755. The molecule has 2 rings (SSSR count). The zero-order valence-corrected chi connectivity index (χ0v) is 10.5. The largest absolute Gasteiger partial charge is 0.490 e. The van der Waals surface area contributed by atoms with Gasteiger partial charge in [0.1, 0.15) is 0 Å². The summed E-state index contributed by atoms with van der Waals surface area (Å²) in [4.78, 5) is 0. The zero-order valence-electron chi connectivity index (χ0n) is 10.5. The molecular weight excluding hydrogens is 215 g/mol. The van der Waals surface area contributed by atoms with Gasteiger partial charge in [-0.1, -0.05) is 32.3 Å². The average Bonchev–Trinajstić information content (AvgIpc) is 2.39. The Morgan fingerprint density at radius 3 is 2.71 bits per heavy atom. The Morgan fingerprint density at radius 1 is 1.24 bits per heavy atom. The van der Waals surface area contributed by atoms with Gasteiger partial charge in [-0.25, -0.2) is 4.39 Å². The highest BCUT2D eigenvalue weighted by Gasteiger charge is 2.15. The fourth-order valence-electron chi connectivity index (χ4n) is 2.44. The normalized spacial score (nSPS) is 17.1. The standard InChI is InChI=1S/C15H21FO/c1-2-12-8-9-14(16)15(10-12)17-11-13-6-4-3-5-7-13/h8-10,13H,2-7,11H2,1H3. The van der Waals surface area contributed by atoms with Gasteiger partial charge in [0.15, 0.2) is 11.6 Å². The summed E-state index contributed by atoms with van der Waals surface area (Å²) in [6.45, 7) is 2.74. The topological polar surface area (TPSA) is 9.23 Å². The van der Waals surface area contributed by atoms with Crippen LogP contribution in [0.5, 0.6) is 5.75 Å². The highest BCUT2D eigenvalue weighted by atomic mass is 19.1. The summed E-state index contributed by atoms with van der Waals surface area (Å²) in [5, 5.41) is 0. The monoisotopic (exact) mass is 236 g/mol. The van der Waals surface area contributed by atoms with E-state index >= 15 is 0 Å². The van der Waals surface area contributed by atoms with Crippen molar-refractivity contribution in [3.05, 3.63) is 29.6 Å². The molecule has 0 heterocycles. The maximum Gasteiger partial charge on any atom is 0.165 e. The van der Waals surface area contributed by atoms with Gasteiger partial charge in [-0.2, -0.15) is 0 Å². The third kappa shape index (κ3) is 3.45. The van der Waals surface area contributed by atoms with Gasteiger partial charge in [-0.3, -0.25) is 0 Å². The number of hydrogen-bond donors (Lipinski definition) is 0. The van der Waals surface area contributed by atoms with E-state index in [2.05, 4.69) is 6.92 Å². The number of ether oxygens (including phenoxy) is 1. The van der Waals surface area contributed by atoms with Crippen molar-refractivity contribution < 1.29 is 9.13 Å². The van der Waals surface area contributed by atoms with E-state index in [0.29, 0.717) is 18.3 Å². The summed E-state index contributed by atoms with van der Waals surface area (Å²) in [6, 6.07) is 5.16. The molecule has 0 spiro atoms. The van der Waals surface area contributed by atoms with Crippen molar-refractivity contribution in [3.63, 3.8) is 0 Å². The summed E-state index contributed by atoms with van der Waals surface area (Å²) in [6.07, 6.45) is 7.32. The van der Waals surface area contributed by atoms with Crippen LogP contribution in [0.4, 0.5) is 4.39 Å². The lowest BCUT2D eigenvalue weighted by Crippen LogP contribution is -2.15. The van der Waals surface area contributed by atoms with Crippen molar-refractivity contribution >= 4 is 0 Å². The maximum absolute atomic E-state index is 13.5. The second-order valence-corrected chi connectivity index (χ2v) is 4.93. The number of aryl methyl sites for hydroxylation is 1. The van der Waals surface area contributed by atoms with Crippen LogP contribution in [0, 0.1) is 11.7 Å². The Hall–Kier alpha value is -1.05. The first-order valence-corrected chi connectivity index (χ1v) is 6.71. The van der Waals surface area contributed by atoms with E-state index in [-0.39, 0.29) is 5.82 Å². The molecule has 0 radical (unpaired) electrons. The molecule has 0 aliphatic heterocycles. The summed E-state index contributed by atoms with van der Waals surface area (Å²) < 4.78 is 19.2. The van der Waals surface area contributed by atoms with Crippen LogP contribution >= 0.6 is 0 Å². The average molecular weight is 236 g/mol. The molecule has 94 valence electrons. The second kappa shape index (κ2) is 6.04. The SMILES string of the molecule is CCc1ccc(F)c(OCC2CCCCC2)c1. The van der Waals surface area contributed by atoms with Crippen LogP contribution < -0.4 is 4.74 Å². The van der Waals surface area contributed by atoms with Gasteiger partial charge in [-0.05, 0) is 42.9 Å². The lowest BCUT2D eigenvalue weighted by molar-refractivity contribution is 0.202. The van der Waals surface area contributed by atoms with E-state index in [1.165, 1.54) is 38.2 Å². The lowest BCUT2D eigenvalue weighted by atomic mass is 9.90. The first-order chi connectivity index (χ1) is 8.29. The number of hydrogen-bond acceptors (Lipinski definition) is 1. The van der Waals surface area contributed by atoms with Crippen molar-refractivity contribution in [2.45, 2.75) is 45.4 Å². The van der Waals surface area contributed by atoms with Crippen molar-refractivity contribution in [1.29, 1.82) is 0 Å². The molecule has 0 bridgehead atoms. The Bertz CT molecular complexity index is 356. The van der Waals surface area contributed by atoms with Crippen LogP contribution in [0.25, 0.3) is 0 Å². The molecule has 1 nitrogen and oxygen atoms in total. The Labute approximate surface area is 103 Å².